The summed E-state index contributed by atoms with van der Waals surface area (Å²) in [5.74, 6) is -4.33. The van der Waals surface area contributed by atoms with Crippen molar-refractivity contribution < 1.29 is 19.8 Å². The molecule has 0 aromatic heterocycles. The van der Waals surface area contributed by atoms with E-state index in [0.717, 1.165) is 0 Å². The quantitative estimate of drug-likeness (QED) is 0.519. The predicted molar refractivity (Wildman–Crippen MR) is 45.6 cm³/mol. The van der Waals surface area contributed by atoms with E-state index in [0.29, 0.717) is 6.42 Å². The Balaban J connectivity index is 2.91. The van der Waals surface area contributed by atoms with Gasteiger partial charge in [-0.3, -0.25) is 9.59 Å². The smallest absolute Gasteiger partial charge is 0.311 e. The van der Waals surface area contributed by atoms with Crippen LogP contribution in [0.15, 0.2) is 12.2 Å². The molecule has 0 saturated heterocycles. The first-order valence-electron chi connectivity index (χ1n) is 3.80. The van der Waals surface area contributed by atoms with Crippen LogP contribution < -0.4 is 0 Å². The molecule has 0 fully saturated rings. The van der Waals surface area contributed by atoms with Crippen LogP contribution in [0.5, 0.6) is 0 Å². The van der Waals surface area contributed by atoms with E-state index in [2.05, 4.69) is 0 Å². The maximum absolute atomic E-state index is 10.7. The number of aliphatic carboxylic acids is 2. The first kappa shape index (κ1) is 10.1. The third-order valence-corrected chi connectivity index (χ3v) is 2.50. The van der Waals surface area contributed by atoms with Gasteiger partial charge in [-0.25, -0.2) is 0 Å². The van der Waals surface area contributed by atoms with Crippen LogP contribution in [0.4, 0.5) is 0 Å². The molecule has 0 amide bonds. The minimum Gasteiger partial charge on any atom is -0.481 e. The molecule has 1 aliphatic carbocycles. The van der Waals surface area contributed by atoms with Crippen molar-refractivity contribution in [3.8, 4) is 0 Å². The number of carboxylic acid groups (broad SMARTS) is 2. The van der Waals surface area contributed by atoms with Crippen molar-refractivity contribution in [3.63, 3.8) is 0 Å². The molecule has 2 N–H and O–H groups in total. The molecule has 0 saturated carbocycles. The van der Waals surface area contributed by atoms with Gasteiger partial charge >= 0.3 is 11.9 Å². The summed E-state index contributed by atoms with van der Waals surface area (Å²) < 4.78 is 0. The number of hydrogen-bond donors (Lipinski definition) is 2. The van der Waals surface area contributed by atoms with Crippen molar-refractivity contribution in [1.29, 1.82) is 0 Å². The van der Waals surface area contributed by atoms with Crippen LogP contribution in [0, 0.1) is 11.8 Å². The molecular weight excluding hydrogens is 196 g/mol. The summed E-state index contributed by atoms with van der Waals surface area (Å²) in [5.41, 5.74) is 0. The molecule has 13 heavy (non-hydrogen) atoms. The molecule has 0 bridgehead atoms. The zero-order valence-corrected chi connectivity index (χ0v) is 7.44. The van der Waals surface area contributed by atoms with Gasteiger partial charge in [-0.05, 0) is 6.42 Å². The SMILES string of the molecule is O=C(O)C1C=CCC(Cl)C1C(=O)O. The van der Waals surface area contributed by atoms with E-state index in [1.54, 1.807) is 6.08 Å². The second-order valence-corrected chi connectivity index (χ2v) is 3.47. The largest absolute Gasteiger partial charge is 0.481 e. The lowest BCUT2D eigenvalue weighted by molar-refractivity contribution is -0.152. The number of halogens is 1. The summed E-state index contributed by atoms with van der Waals surface area (Å²) in [6, 6.07) is 0. The van der Waals surface area contributed by atoms with Gasteiger partial charge in [0.15, 0.2) is 0 Å². The Morgan fingerprint density at radius 1 is 1.31 bits per heavy atom. The van der Waals surface area contributed by atoms with E-state index < -0.39 is 29.2 Å². The maximum atomic E-state index is 10.7. The molecule has 0 aromatic rings. The molecule has 0 spiro atoms. The van der Waals surface area contributed by atoms with Gasteiger partial charge < -0.3 is 10.2 Å². The number of alkyl halides is 1. The Hall–Kier alpha value is -1.03. The van der Waals surface area contributed by atoms with Crippen LogP contribution in [0.1, 0.15) is 6.42 Å². The van der Waals surface area contributed by atoms with Gasteiger partial charge in [0.2, 0.25) is 0 Å². The number of allylic oxidation sites excluding steroid dienone is 1. The highest BCUT2D eigenvalue weighted by Gasteiger charge is 2.39. The first-order chi connectivity index (χ1) is 6.04. The van der Waals surface area contributed by atoms with Crippen molar-refractivity contribution in [2.45, 2.75) is 11.8 Å². The highest BCUT2D eigenvalue weighted by atomic mass is 35.5. The van der Waals surface area contributed by atoms with Crippen molar-refractivity contribution >= 4 is 23.5 Å². The normalized spacial score (nSPS) is 32.8. The molecule has 5 heteroatoms. The lowest BCUT2D eigenvalue weighted by Gasteiger charge is -2.24. The van der Waals surface area contributed by atoms with Crippen LogP contribution in [0.2, 0.25) is 0 Å². The lowest BCUT2D eigenvalue weighted by Crippen LogP contribution is -2.37. The first-order valence-corrected chi connectivity index (χ1v) is 4.24. The molecule has 3 unspecified atom stereocenters. The lowest BCUT2D eigenvalue weighted by atomic mass is 9.83. The Morgan fingerprint density at radius 2 is 1.92 bits per heavy atom. The van der Waals surface area contributed by atoms with Crippen LogP contribution >= 0.6 is 11.6 Å². The molecule has 0 aliphatic heterocycles. The number of carboxylic acids is 2. The predicted octanol–water partition coefficient (Wildman–Crippen LogP) is 0.955. The third kappa shape index (κ3) is 2.01. The van der Waals surface area contributed by atoms with Crippen molar-refractivity contribution in [3.05, 3.63) is 12.2 Å². The van der Waals surface area contributed by atoms with Crippen LogP contribution in [-0.2, 0) is 9.59 Å². The van der Waals surface area contributed by atoms with Gasteiger partial charge in [-0.1, -0.05) is 12.2 Å². The topological polar surface area (TPSA) is 74.6 Å². The number of carbonyl (C=O) groups is 2. The van der Waals surface area contributed by atoms with Gasteiger partial charge in [0.25, 0.3) is 0 Å². The van der Waals surface area contributed by atoms with E-state index in [1.807, 2.05) is 0 Å². The van der Waals surface area contributed by atoms with Crippen LogP contribution in [0.3, 0.4) is 0 Å². The summed E-state index contributed by atoms with van der Waals surface area (Å²) in [4.78, 5) is 21.3. The van der Waals surface area contributed by atoms with Gasteiger partial charge in [-0.15, -0.1) is 11.6 Å². The van der Waals surface area contributed by atoms with Crippen molar-refractivity contribution in [2.75, 3.05) is 0 Å². The highest BCUT2D eigenvalue weighted by Crippen LogP contribution is 2.29. The molecule has 1 rings (SSSR count). The fourth-order valence-corrected chi connectivity index (χ4v) is 1.76. The molecule has 4 nitrogen and oxygen atoms in total. The average Bonchev–Trinajstić information content (AvgIpc) is 2.02. The monoisotopic (exact) mass is 204 g/mol. The van der Waals surface area contributed by atoms with Crippen LogP contribution in [0.25, 0.3) is 0 Å². The molecule has 1 aliphatic rings. The van der Waals surface area contributed by atoms with E-state index in [1.165, 1.54) is 6.08 Å². The average molecular weight is 205 g/mol. The summed E-state index contributed by atoms with van der Waals surface area (Å²) in [7, 11) is 0. The Bertz CT molecular complexity index is 261. The third-order valence-electron chi connectivity index (χ3n) is 2.05. The summed E-state index contributed by atoms with van der Waals surface area (Å²) in [5, 5.41) is 16.8. The maximum Gasteiger partial charge on any atom is 0.311 e. The van der Waals surface area contributed by atoms with Gasteiger partial charge in [0.05, 0.1) is 17.2 Å². The fraction of sp³-hybridized carbons (Fsp3) is 0.500. The van der Waals surface area contributed by atoms with E-state index >= 15 is 0 Å². The molecule has 0 heterocycles. The molecular formula is C8H9ClO4. The molecule has 3 atom stereocenters. The second-order valence-electron chi connectivity index (χ2n) is 2.91. The minimum atomic E-state index is -1.16. The highest BCUT2D eigenvalue weighted by molar-refractivity contribution is 6.22. The van der Waals surface area contributed by atoms with Gasteiger partial charge in [-0.2, -0.15) is 0 Å². The summed E-state index contributed by atoms with van der Waals surface area (Å²) >= 11 is 5.72. The van der Waals surface area contributed by atoms with Crippen molar-refractivity contribution in [2.24, 2.45) is 11.8 Å². The standard InChI is InChI=1S/C8H9ClO4/c9-5-3-1-2-4(7(10)11)6(5)8(12)13/h1-2,4-6H,3H2,(H,10,11)(H,12,13). The zero-order chi connectivity index (χ0) is 10.0. The van der Waals surface area contributed by atoms with Gasteiger partial charge in [0.1, 0.15) is 0 Å². The van der Waals surface area contributed by atoms with Gasteiger partial charge in [0, 0.05) is 0 Å². The molecule has 0 aromatic carbocycles. The molecule has 0 radical (unpaired) electrons. The van der Waals surface area contributed by atoms with Crippen LogP contribution in [-0.4, -0.2) is 27.5 Å². The molecule has 72 valence electrons. The Morgan fingerprint density at radius 3 is 2.31 bits per heavy atom. The Kier molecular flexibility index (Phi) is 2.93. The van der Waals surface area contributed by atoms with E-state index in [9.17, 15) is 9.59 Å². The van der Waals surface area contributed by atoms with E-state index in [4.69, 9.17) is 21.8 Å². The number of hydrogen-bond acceptors (Lipinski definition) is 2. The summed E-state index contributed by atoms with van der Waals surface area (Å²) in [6.45, 7) is 0. The second kappa shape index (κ2) is 3.79. The number of rotatable bonds is 2. The fourth-order valence-electron chi connectivity index (χ4n) is 1.39. The minimum absolute atomic E-state index is 0.405. The van der Waals surface area contributed by atoms with Crippen molar-refractivity contribution in [1.82, 2.24) is 0 Å². The zero-order valence-electron chi connectivity index (χ0n) is 6.68. The summed E-state index contributed by atoms with van der Waals surface area (Å²) in [6.07, 6.45) is 3.40. The Labute approximate surface area is 79.8 Å². The van der Waals surface area contributed by atoms with E-state index in [-0.39, 0.29) is 0 Å².